The molecule has 8 heteroatoms. The average molecular weight is 499 g/mol. The van der Waals surface area contributed by atoms with Crippen molar-refractivity contribution in [3.63, 3.8) is 0 Å². The van der Waals surface area contributed by atoms with E-state index in [1.54, 1.807) is 14.2 Å². The number of methoxy groups -OCH3 is 2. The van der Waals surface area contributed by atoms with Crippen molar-refractivity contribution in [3.8, 4) is 22.8 Å². The Labute approximate surface area is 217 Å². The molecule has 2 aromatic heterocycles. The summed E-state index contributed by atoms with van der Waals surface area (Å²) in [5.74, 6) is 2.25. The third-order valence-electron chi connectivity index (χ3n) is 7.40. The molecule has 192 valence electrons. The minimum atomic E-state index is 0.691. The summed E-state index contributed by atoms with van der Waals surface area (Å²) in [6, 6.07) is 12.3. The maximum Gasteiger partial charge on any atom is 0.124 e. The highest BCUT2D eigenvalue weighted by atomic mass is 16.5. The van der Waals surface area contributed by atoms with E-state index < -0.39 is 0 Å². The highest BCUT2D eigenvalue weighted by Gasteiger charge is 2.26. The van der Waals surface area contributed by atoms with E-state index in [-0.39, 0.29) is 0 Å². The van der Waals surface area contributed by atoms with Crippen LogP contribution in [-0.2, 0) is 6.54 Å². The van der Waals surface area contributed by atoms with Crippen molar-refractivity contribution < 1.29 is 9.47 Å². The van der Waals surface area contributed by atoms with Gasteiger partial charge in [-0.1, -0.05) is 0 Å². The van der Waals surface area contributed by atoms with Crippen molar-refractivity contribution in [2.75, 3.05) is 45.3 Å². The van der Waals surface area contributed by atoms with Crippen LogP contribution in [0.1, 0.15) is 25.7 Å². The van der Waals surface area contributed by atoms with Gasteiger partial charge in [-0.05, 0) is 62.9 Å². The van der Waals surface area contributed by atoms with Crippen LogP contribution in [0.15, 0.2) is 55.0 Å². The number of benzene rings is 2. The minimum Gasteiger partial charge on any atom is -0.497 e. The van der Waals surface area contributed by atoms with E-state index in [4.69, 9.17) is 19.4 Å². The Kier molecular flexibility index (Phi) is 6.66. The van der Waals surface area contributed by atoms with Crippen molar-refractivity contribution in [1.82, 2.24) is 24.6 Å². The summed E-state index contributed by atoms with van der Waals surface area (Å²) >= 11 is 0. The number of likely N-dealkylation sites (tertiary alicyclic amines) is 1. The molecule has 2 fully saturated rings. The molecule has 1 aliphatic carbocycles. The second-order valence-electron chi connectivity index (χ2n) is 10.1. The number of anilines is 2. The summed E-state index contributed by atoms with van der Waals surface area (Å²) in [5, 5.41) is 4.58. The number of nitrogens with zero attached hydrogens (tertiary/aromatic N) is 6. The van der Waals surface area contributed by atoms with Crippen LogP contribution in [0.25, 0.3) is 22.3 Å². The fourth-order valence-electron chi connectivity index (χ4n) is 5.04. The van der Waals surface area contributed by atoms with Crippen molar-refractivity contribution >= 4 is 22.4 Å². The number of rotatable bonds is 10. The van der Waals surface area contributed by atoms with Gasteiger partial charge >= 0.3 is 0 Å². The van der Waals surface area contributed by atoms with E-state index in [1.165, 1.54) is 38.8 Å². The van der Waals surface area contributed by atoms with Crippen LogP contribution < -0.4 is 14.4 Å². The largest absolute Gasteiger partial charge is 0.497 e. The van der Waals surface area contributed by atoms with Gasteiger partial charge in [0.2, 0.25) is 0 Å². The Morgan fingerprint density at radius 3 is 2.41 bits per heavy atom. The molecule has 0 amide bonds. The lowest BCUT2D eigenvalue weighted by molar-refractivity contribution is 0.316. The van der Waals surface area contributed by atoms with Gasteiger partial charge in [-0.15, -0.1) is 0 Å². The molecule has 1 saturated carbocycles. The number of aromatic nitrogens is 4. The molecule has 1 saturated heterocycles. The summed E-state index contributed by atoms with van der Waals surface area (Å²) in [7, 11) is 3.37. The second kappa shape index (κ2) is 10.4. The summed E-state index contributed by atoms with van der Waals surface area (Å²) in [6.07, 6.45) is 11.0. The van der Waals surface area contributed by atoms with Gasteiger partial charge in [-0.2, -0.15) is 5.10 Å². The maximum atomic E-state index is 5.55. The zero-order valence-electron chi connectivity index (χ0n) is 21.6. The molecule has 0 N–H and O–H groups in total. The monoisotopic (exact) mass is 498 g/mol. The molecular formula is C29H34N6O2. The van der Waals surface area contributed by atoms with E-state index in [2.05, 4.69) is 51.4 Å². The SMILES string of the molecule is COc1cc(OC)cc(N(CC2CC2)c2ccc3ncc(-c4cnn(CCN5CCCC5)c4)nc3c2)c1. The fourth-order valence-corrected chi connectivity index (χ4v) is 5.04. The Bertz CT molecular complexity index is 1350. The maximum absolute atomic E-state index is 5.55. The Morgan fingerprint density at radius 2 is 1.68 bits per heavy atom. The third kappa shape index (κ3) is 5.39. The molecule has 4 aromatic rings. The fraction of sp³-hybridized carbons (Fsp3) is 0.414. The molecule has 37 heavy (non-hydrogen) atoms. The van der Waals surface area contributed by atoms with E-state index in [0.29, 0.717) is 5.92 Å². The molecule has 6 rings (SSSR count). The van der Waals surface area contributed by atoms with Crippen LogP contribution in [0.3, 0.4) is 0 Å². The molecule has 0 radical (unpaired) electrons. The smallest absolute Gasteiger partial charge is 0.124 e. The van der Waals surface area contributed by atoms with Crippen molar-refractivity contribution in [2.24, 2.45) is 5.92 Å². The van der Waals surface area contributed by atoms with Crippen LogP contribution in [0.5, 0.6) is 11.5 Å². The summed E-state index contributed by atoms with van der Waals surface area (Å²) in [5.41, 5.74) is 5.72. The molecular weight excluding hydrogens is 464 g/mol. The Balaban J connectivity index is 1.29. The summed E-state index contributed by atoms with van der Waals surface area (Å²) in [6.45, 7) is 5.28. The summed E-state index contributed by atoms with van der Waals surface area (Å²) in [4.78, 5) is 14.5. The first-order valence-corrected chi connectivity index (χ1v) is 13.2. The Morgan fingerprint density at radius 1 is 0.892 bits per heavy atom. The minimum absolute atomic E-state index is 0.691. The lowest BCUT2D eigenvalue weighted by atomic mass is 10.1. The van der Waals surface area contributed by atoms with Crippen molar-refractivity contribution in [1.29, 1.82) is 0 Å². The first-order chi connectivity index (χ1) is 18.2. The number of hydrogen-bond donors (Lipinski definition) is 0. The van der Waals surface area contributed by atoms with E-state index in [9.17, 15) is 0 Å². The Hall–Kier alpha value is -3.65. The van der Waals surface area contributed by atoms with Crippen molar-refractivity contribution in [3.05, 3.63) is 55.0 Å². The highest BCUT2D eigenvalue weighted by molar-refractivity contribution is 5.82. The van der Waals surface area contributed by atoms with Crippen LogP contribution in [0.2, 0.25) is 0 Å². The van der Waals surface area contributed by atoms with E-state index in [1.807, 2.05) is 23.1 Å². The third-order valence-corrected chi connectivity index (χ3v) is 7.40. The van der Waals surface area contributed by atoms with Gasteiger partial charge in [0, 0.05) is 54.4 Å². The number of ether oxygens (including phenoxy) is 2. The van der Waals surface area contributed by atoms with E-state index in [0.717, 1.165) is 64.8 Å². The standard InChI is InChI=1S/C29H34N6O2/c1-36-25-13-24(14-26(16-25)37-2)35(19-21-5-6-21)23-7-8-27-28(15-23)32-29(18-30-27)22-17-31-34(20-22)12-11-33-9-3-4-10-33/h7-8,13-18,20-21H,3-6,9-12,19H2,1-2H3. The zero-order chi connectivity index (χ0) is 25.2. The first kappa shape index (κ1) is 23.7. The van der Waals surface area contributed by atoms with Crippen LogP contribution in [-0.4, -0.2) is 65.0 Å². The van der Waals surface area contributed by atoms with Gasteiger partial charge in [0.1, 0.15) is 11.5 Å². The lowest BCUT2D eigenvalue weighted by Crippen LogP contribution is -2.24. The first-order valence-electron chi connectivity index (χ1n) is 13.2. The second-order valence-corrected chi connectivity index (χ2v) is 10.1. The molecule has 2 aromatic carbocycles. The predicted molar refractivity (Wildman–Crippen MR) is 146 cm³/mol. The summed E-state index contributed by atoms with van der Waals surface area (Å²) < 4.78 is 13.1. The predicted octanol–water partition coefficient (Wildman–Crippen LogP) is 5.15. The van der Waals surface area contributed by atoms with Crippen LogP contribution in [0, 0.1) is 5.92 Å². The van der Waals surface area contributed by atoms with Crippen LogP contribution >= 0.6 is 0 Å². The highest BCUT2D eigenvalue weighted by Crippen LogP contribution is 2.38. The quantitative estimate of drug-likeness (QED) is 0.299. The molecule has 2 aliphatic rings. The van der Waals surface area contributed by atoms with Gasteiger partial charge < -0.3 is 19.3 Å². The normalized spacial score (nSPS) is 15.8. The van der Waals surface area contributed by atoms with Gasteiger partial charge in [0.25, 0.3) is 0 Å². The number of hydrogen-bond acceptors (Lipinski definition) is 7. The van der Waals surface area contributed by atoms with Gasteiger partial charge in [-0.25, -0.2) is 4.98 Å². The molecule has 3 heterocycles. The van der Waals surface area contributed by atoms with Crippen LogP contribution in [0.4, 0.5) is 11.4 Å². The zero-order valence-corrected chi connectivity index (χ0v) is 21.6. The molecule has 0 atom stereocenters. The van der Waals surface area contributed by atoms with Gasteiger partial charge in [0.05, 0.1) is 49.9 Å². The van der Waals surface area contributed by atoms with Gasteiger partial charge in [-0.3, -0.25) is 9.67 Å². The molecule has 8 nitrogen and oxygen atoms in total. The number of fused-ring (bicyclic) bond motifs is 1. The molecule has 0 spiro atoms. The molecule has 1 aliphatic heterocycles. The molecule has 0 bridgehead atoms. The van der Waals surface area contributed by atoms with E-state index >= 15 is 0 Å². The van der Waals surface area contributed by atoms with Gasteiger partial charge in [0.15, 0.2) is 0 Å². The topological polar surface area (TPSA) is 68.5 Å². The van der Waals surface area contributed by atoms with Crippen molar-refractivity contribution in [2.45, 2.75) is 32.2 Å². The molecule has 0 unspecified atom stereocenters. The average Bonchev–Trinajstić information content (AvgIpc) is 3.38. The lowest BCUT2D eigenvalue weighted by Gasteiger charge is -2.26.